The first-order valence-corrected chi connectivity index (χ1v) is 3.93. The Morgan fingerprint density at radius 1 is 1.55 bits per heavy atom. The molecule has 0 aliphatic carbocycles. The number of hydrogen-bond donors (Lipinski definition) is 0. The van der Waals surface area contributed by atoms with Crippen molar-refractivity contribution in [1.82, 2.24) is 0 Å². The molecule has 1 nitrogen and oxygen atoms in total. The summed E-state index contributed by atoms with van der Waals surface area (Å²) in [5.41, 5.74) is 1.78. The van der Waals surface area contributed by atoms with Crippen molar-refractivity contribution in [2.24, 2.45) is 0 Å². The second-order valence-electron chi connectivity index (χ2n) is 2.43. The number of halogens is 1. The van der Waals surface area contributed by atoms with Crippen LogP contribution in [0.4, 0.5) is 0 Å². The van der Waals surface area contributed by atoms with E-state index < -0.39 is 0 Å². The molecule has 0 N–H and O–H groups in total. The Morgan fingerprint density at radius 2 is 2.27 bits per heavy atom. The van der Waals surface area contributed by atoms with Crippen molar-refractivity contribution in [1.29, 1.82) is 0 Å². The molecule has 0 fully saturated rings. The number of carbonyl (C=O) groups is 1. The Hall–Kier alpha value is -0.820. The molecule has 58 valence electrons. The smallest absolute Gasteiger partial charge is 0.177 e. The molecule has 0 aliphatic heterocycles. The van der Waals surface area contributed by atoms with Gasteiger partial charge in [-0.15, -0.1) is 11.6 Å². The number of aryl methyl sites for hydroxylation is 1. The molecule has 0 heterocycles. The summed E-state index contributed by atoms with van der Waals surface area (Å²) in [5.74, 6) is 0.0408. The monoisotopic (exact) mass is 168 g/mol. The van der Waals surface area contributed by atoms with Crippen molar-refractivity contribution in [2.45, 2.75) is 6.92 Å². The van der Waals surface area contributed by atoms with E-state index in [0.717, 1.165) is 5.56 Å². The van der Waals surface area contributed by atoms with E-state index in [1.165, 1.54) is 0 Å². The SMILES string of the molecule is Cc1cccc(C(=O)CCl)c1. The fourth-order valence-corrected chi connectivity index (χ4v) is 1.05. The molecule has 1 aromatic rings. The van der Waals surface area contributed by atoms with Gasteiger partial charge in [-0.1, -0.05) is 23.8 Å². The van der Waals surface area contributed by atoms with Crippen LogP contribution in [0.2, 0.25) is 0 Å². The third-order valence-corrected chi connectivity index (χ3v) is 1.70. The zero-order valence-electron chi connectivity index (χ0n) is 6.30. The van der Waals surface area contributed by atoms with Gasteiger partial charge in [0.15, 0.2) is 5.78 Å². The average Bonchev–Trinajstić information content (AvgIpc) is 2.03. The van der Waals surface area contributed by atoms with Crippen LogP contribution in [0.3, 0.4) is 0 Å². The number of carbonyl (C=O) groups excluding carboxylic acids is 1. The maximum atomic E-state index is 11.0. The Labute approximate surface area is 71.0 Å². The summed E-state index contributed by atoms with van der Waals surface area (Å²) < 4.78 is 0. The quantitative estimate of drug-likeness (QED) is 0.490. The van der Waals surface area contributed by atoms with Gasteiger partial charge in [-0.2, -0.15) is 0 Å². The highest BCUT2D eigenvalue weighted by Crippen LogP contribution is 2.05. The van der Waals surface area contributed by atoms with E-state index in [1.807, 2.05) is 25.1 Å². The molecule has 0 atom stereocenters. The highest BCUT2D eigenvalue weighted by molar-refractivity contribution is 6.30. The predicted molar refractivity (Wildman–Crippen MR) is 46.2 cm³/mol. The van der Waals surface area contributed by atoms with E-state index in [-0.39, 0.29) is 11.7 Å². The summed E-state index contributed by atoms with van der Waals surface area (Å²) in [7, 11) is 0. The summed E-state index contributed by atoms with van der Waals surface area (Å²) in [6.45, 7) is 1.95. The van der Waals surface area contributed by atoms with Gasteiger partial charge in [-0.25, -0.2) is 0 Å². The summed E-state index contributed by atoms with van der Waals surface area (Å²) in [5, 5.41) is 0. The number of hydrogen-bond acceptors (Lipinski definition) is 1. The zero-order chi connectivity index (χ0) is 8.27. The molecular formula is C9H9ClO. The van der Waals surface area contributed by atoms with E-state index in [4.69, 9.17) is 11.6 Å². The van der Waals surface area contributed by atoms with E-state index >= 15 is 0 Å². The van der Waals surface area contributed by atoms with E-state index in [1.54, 1.807) is 6.07 Å². The fourth-order valence-electron chi connectivity index (χ4n) is 0.896. The highest BCUT2D eigenvalue weighted by Gasteiger charge is 2.01. The van der Waals surface area contributed by atoms with Crippen LogP contribution in [-0.4, -0.2) is 11.7 Å². The van der Waals surface area contributed by atoms with Gasteiger partial charge >= 0.3 is 0 Å². The molecule has 0 aliphatic rings. The van der Waals surface area contributed by atoms with Gasteiger partial charge in [0.1, 0.15) is 0 Å². The van der Waals surface area contributed by atoms with Crippen LogP contribution in [0.5, 0.6) is 0 Å². The lowest BCUT2D eigenvalue weighted by Gasteiger charge is -1.96. The lowest BCUT2D eigenvalue weighted by Crippen LogP contribution is -1.99. The summed E-state index contributed by atoms with van der Waals surface area (Å²) >= 11 is 5.39. The van der Waals surface area contributed by atoms with Crippen molar-refractivity contribution in [2.75, 3.05) is 5.88 Å². The molecule has 0 amide bonds. The van der Waals surface area contributed by atoms with Crippen LogP contribution in [0.15, 0.2) is 24.3 Å². The largest absolute Gasteiger partial charge is 0.293 e. The molecule has 0 spiro atoms. The van der Waals surface area contributed by atoms with E-state index in [0.29, 0.717) is 5.56 Å². The predicted octanol–water partition coefficient (Wildman–Crippen LogP) is 2.42. The number of rotatable bonds is 2. The maximum Gasteiger partial charge on any atom is 0.177 e. The van der Waals surface area contributed by atoms with Gasteiger partial charge in [0, 0.05) is 5.56 Å². The van der Waals surface area contributed by atoms with Crippen LogP contribution < -0.4 is 0 Å². The lowest BCUT2D eigenvalue weighted by molar-refractivity contribution is 0.102. The van der Waals surface area contributed by atoms with Crippen LogP contribution in [0.25, 0.3) is 0 Å². The Balaban J connectivity index is 2.96. The first kappa shape index (κ1) is 8.28. The molecule has 1 aromatic carbocycles. The first-order valence-electron chi connectivity index (χ1n) is 3.40. The zero-order valence-corrected chi connectivity index (χ0v) is 7.06. The van der Waals surface area contributed by atoms with Crippen molar-refractivity contribution in [3.63, 3.8) is 0 Å². The maximum absolute atomic E-state index is 11.0. The third-order valence-electron chi connectivity index (χ3n) is 1.46. The number of Topliss-reactive ketones (excluding diaryl/α,β-unsaturated/α-hetero) is 1. The van der Waals surface area contributed by atoms with Crippen LogP contribution >= 0.6 is 11.6 Å². The van der Waals surface area contributed by atoms with Gasteiger partial charge in [0.25, 0.3) is 0 Å². The van der Waals surface area contributed by atoms with Crippen molar-refractivity contribution in [3.8, 4) is 0 Å². The minimum atomic E-state index is -0.0182. The fraction of sp³-hybridized carbons (Fsp3) is 0.222. The molecule has 0 radical (unpaired) electrons. The molecule has 0 bridgehead atoms. The van der Waals surface area contributed by atoms with E-state index in [9.17, 15) is 4.79 Å². The Kier molecular flexibility index (Phi) is 2.66. The number of benzene rings is 1. The van der Waals surface area contributed by atoms with E-state index in [2.05, 4.69) is 0 Å². The molecule has 0 unspecified atom stereocenters. The van der Waals surface area contributed by atoms with Gasteiger partial charge in [-0.05, 0) is 13.0 Å². The van der Waals surface area contributed by atoms with Crippen molar-refractivity contribution in [3.05, 3.63) is 35.4 Å². The van der Waals surface area contributed by atoms with Crippen molar-refractivity contribution < 1.29 is 4.79 Å². The normalized spacial score (nSPS) is 9.64. The molecule has 0 aromatic heterocycles. The standard InChI is InChI=1S/C9H9ClO/c1-7-3-2-4-8(5-7)9(11)6-10/h2-5H,6H2,1H3. The van der Waals surface area contributed by atoms with Crippen molar-refractivity contribution >= 4 is 17.4 Å². The molecule has 0 saturated heterocycles. The summed E-state index contributed by atoms with van der Waals surface area (Å²) in [6, 6.07) is 7.42. The Bertz CT molecular complexity index is 268. The molecular weight excluding hydrogens is 160 g/mol. The second-order valence-corrected chi connectivity index (χ2v) is 2.69. The van der Waals surface area contributed by atoms with Crippen LogP contribution in [0, 0.1) is 6.92 Å². The van der Waals surface area contributed by atoms with Crippen LogP contribution in [0.1, 0.15) is 15.9 Å². The first-order chi connectivity index (χ1) is 5.24. The Morgan fingerprint density at radius 3 is 2.82 bits per heavy atom. The number of alkyl halides is 1. The van der Waals surface area contributed by atoms with Gasteiger partial charge in [0.05, 0.1) is 5.88 Å². The third kappa shape index (κ3) is 2.05. The lowest BCUT2D eigenvalue weighted by atomic mass is 10.1. The molecule has 2 heteroatoms. The molecule has 0 saturated carbocycles. The minimum Gasteiger partial charge on any atom is -0.293 e. The summed E-state index contributed by atoms with van der Waals surface area (Å²) in [4.78, 5) is 11.0. The topological polar surface area (TPSA) is 17.1 Å². The van der Waals surface area contributed by atoms with Gasteiger partial charge in [-0.3, -0.25) is 4.79 Å². The summed E-state index contributed by atoms with van der Waals surface area (Å²) in [6.07, 6.45) is 0. The average molecular weight is 169 g/mol. The highest BCUT2D eigenvalue weighted by atomic mass is 35.5. The second kappa shape index (κ2) is 3.54. The molecule has 11 heavy (non-hydrogen) atoms. The number of ketones is 1. The molecule has 1 rings (SSSR count). The minimum absolute atomic E-state index is 0.0182. The van der Waals surface area contributed by atoms with Gasteiger partial charge in [0.2, 0.25) is 0 Å². The van der Waals surface area contributed by atoms with Gasteiger partial charge < -0.3 is 0 Å². The van der Waals surface area contributed by atoms with Crippen LogP contribution in [-0.2, 0) is 0 Å².